The summed E-state index contributed by atoms with van der Waals surface area (Å²) in [4.78, 5) is 24.2. The number of hydrogen-bond acceptors (Lipinski definition) is 6. The van der Waals surface area contributed by atoms with Gasteiger partial charge in [-0.25, -0.2) is 5.43 Å². The third-order valence-corrected chi connectivity index (χ3v) is 5.26. The molecule has 2 N–H and O–H groups in total. The van der Waals surface area contributed by atoms with E-state index in [1.807, 2.05) is 29.6 Å². The number of ether oxygens (including phenoxy) is 2. The van der Waals surface area contributed by atoms with E-state index in [9.17, 15) is 18.4 Å². The molecule has 4 rings (SSSR count). The molecule has 2 amide bonds. The highest BCUT2D eigenvalue weighted by molar-refractivity contribution is 7.17. The van der Waals surface area contributed by atoms with Crippen LogP contribution in [0.3, 0.4) is 0 Å². The Morgan fingerprint density at radius 1 is 1.13 bits per heavy atom. The average Bonchev–Trinajstić information content (AvgIpc) is 3.28. The Bertz CT molecular complexity index is 1180. The molecule has 3 aromatic rings. The normalized spacial score (nSPS) is 14.6. The van der Waals surface area contributed by atoms with Gasteiger partial charge in [-0.1, -0.05) is 18.2 Å². The van der Waals surface area contributed by atoms with Gasteiger partial charge in [0, 0.05) is 26.6 Å². The number of hydrogen-bond donors (Lipinski definition) is 2. The van der Waals surface area contributed by atoms with Gasteiger partial charge in [0.05, 0.1) is 12.3 Å². The largest absolute Gasteiger partial charge is 0.586 e. The molecule has 10 heteroatoms. The lowest BCUT2D eigenvalue weighted by Gasteiger charge is -2.06. The molecule has 2 heterocycles. The number of fused-ring (bicyclic) bond motifs is 2. The molecule has 1 aliphatic rings. The second kappa shape index (κ2) is 7.71. The zero-order chi connectivity index (χ0) is 21.3. The lowest BCUT2D eigenvalue weighted by molar-refractivity contribution is -0.286. The van der Waals surface area contributed by atoms with Gasteiger partial charge in [0.15, 0.2) is 11.5 Å². The van der Waals surface area contributed by atoms with Crippen molar-refractivity contribution in [2.75, 3.05) is 6.54 Å². The standard InChI is InChI=1S/C20H15F2N3O4S/c1-11(14-10-30-17-5-3-2-4-13(14)17)24-25-18(26)9-23-19(27)12-6-7-15-16(8-12)29-20(21,22)28-15/h2-8,10H,9H2,1H3,(H,23,27)(H,25,26)/b24-11+. The molecular formula is C20H15F2N3O4S. The maximum absolute atomic E-state index is 13.1. The first-order chi connectivity index (χ1) is 14.3. The summed E-state index contributed by atoms with van der Waals surface area (Å²) < 4.78 is 35.8. The van der Waals surface area contributed by atoms with Gasteiger partial charge < -0.3 is 14.8 Å². The molecule has 1 aliphatic heterocycles. The first-order valence-electron chi connectivity index (χ1n) is 8.80. The molecule has 0 fully saturated rings. The molecule has 30 heavy (non-hydrogen) atoms. The van der Waals surface area contributed by atoms with Crippen molar-refractivity contribution in [3.63, 3.8) is 0 Å². The Labute approximate surface area is 173 Å². The maximum atomic E-state index is 13.1. The summed E-state index contributed by atoms with van der Waals surface area (Å²) in [6.45, 7) is 1.43. The van der Waals surface area contributed by atoms with E-state index < -0.39 is 18.1 Å². The second-order valence-electron chi connectivity index (χ2n) is 6.39. The third kappa shape index (κ3) is 4.08. The van der Waals surface area contributed by atoms with Crippen molar-refractivity contribution in [1.29, 1.82) is 0 Å². The van der Waals surface area contributed by atoms with Crippen LogP contribution in [0.4, 0.5) is 8.78 Å². The fraction of sp³-hybridized carbons (Fsp3) is 0.150. The van der Waals surface area contributed by atoms with E-state index in [0.29, 0.717) is 5.71 Å². The number of alkyl halides is 2. The Kier molecular flexibility index (Phi) is 5.08. The highest BCUT2D eigenvalue weighted by Gasteiger charge is 2.43. The van der Waals surface area contributed by atoms with Crippen molar-refractivity contribution in [2.24, 2.45) is 5.10 Å². The van der Waals surface area contributed by atoms with E-state index in [0.717, 1.165) is 21.7 Å². The molecule has 0 unspecified atom stereocenters. The summed E-state index contributed by atoms with van der Waals surface area (Å²) in [5, 5.41) is 9.48. The molecule has 1 aromatic heterocycles. The number of nitrogens with zero attached hydrogens (tertiary/aromatic N) is 1. The van der Waals surface area contributed by atoms with Crippen LogP contribution in [-0.4, -0.2) is 30.4 Å². The number of carbonyl (C=O) groups is 2. The third-order valence-electron chi connectivity index (χ3n) is 4.29. The van der Waals surface area contributed by atoms with Gasteiger partial charge in [0.2, 0.25) is 0 Å². The van der Waals surface area contributed by atoms with Crippen molar-refractivity contribution in [2.45, 2.75) is 13.2 Å². The monoisotopic (exact) mass is 431 g/mol. The Morgan fingerprint density at radius 2 is 1.90 bits per heavy atom. The smallest absolute Gasteiger partial charge is 0.395 e. The molecule has 0 aliphatic carbocycles. The molecule has 0 spiro atoms. The average molecular weight is 431 g/mol. The van der Waals surface area contributed by atoms with Gasteiger partial charge in [-0.05, 0) is 31.2 Å². The van der Waals surface area contributed by atoms with E-state index >= 15 is 0 Å². The Morgan fingerprint density at radius 3 is 2.73 bits per heavy atom. The van der Waals surface area contributed by atoms with Crippen molar-refractivity contribution in [3.05, 3.63) is 59.0 Å². The van der Waals surface area contributed by atoms with Gasteiger partial charge in [-0.2, -0.15) is 5.10 Å². The van der Waals surface area contributed by atoms with Gasteiger partial charge in [0.25, 0.3) is 11.8 Å². The molecule has 7 nitrogen and oxygen atoms in total. The number of rotatable bonds is 5. The Hall–Kier alpha value is -3.53. The summed E-state index contributed by atoms with van der Waals surface area (Å²) in [5.41, 5.74) is 3.98. The van der Waals surface area contributed by atoms with Gasteiger partial charge in [-0.3, -0.25) is 9.59 Å². The predicted molar refractivity (Wildman–Crippen MR) is 107 cm³/mol. The van der Waals surface area contributed by atoms with E-state index in [1.165, 1.54) is 12.1 Å². The van der Waals surface area contributed by atoms with E-state index in [-0.39, 0.29) is 23.6 Å². The number of halogens is 2. The van der Waals surface area contributed by atoms with Crippen LogP contribution in [0.5, 0.6) is 11.5 Å². The highest BCUT2D eigenvalue weighted by atomic mass is 32.1. The minimum Gasteiger partial charge on any atom is -0.395 e. The predicted octanol–water partition coefficient (Wildman–Crippen LogP) is 3.49. The van der Waals surface area contributed by atoms with Crippen LogP contribution in [0.1, 0.15) is 22.8 Å². The Balaban J connectivity index is 1.34. The first-order valence-corrected chi connectivity index (χ1v) is 9.68. The molecule has 2 aromatic carbocycles. The van der Waals surface area contributed by atoms with Crippen LogP contribution in [0.15, 0.2) is 52.9 Å². The van der Waals surface area contributed by atoms with Crippen molar-refractivity contribution in [3.8, 4) is 11.5 Å². The number of hydrazone groups is 1. The quantitative estimate of drug-likeness (QED) is 0.478. The highest BCUT2D eigenvalue weighted by Crippen LogP contribution is 2.41. The van der Waals surface area contributed by atoms with Crippen LogP contribution in [0.25, 0.3) is 10.1 Å². The summed E-state index contributed by atoms with van der Waals surface area (Å²) in [6.07, 6.45) is -3.76. The minimum atomic E-state index is -3.76. The molecule has 154 valence electrons. The van der Waals surface area contributed by atoms with Crippen molar-refractivity contribution < 1.29 is 27.8 Å². The number of nitrogens with one attached hydrogen (secondary N) is 2. The second-order valence-corrected chi connectivity index (χ2v) is 7.30. The number of thiophene rings is 1. The summed E-state index contributed by atoms with van der Waals surface area (Å²) in [7, 11) is 0. The zero-order valence-corrected chi connectivity index (χ0v) is 16.4. The van der Waals surface area contributed by atoms with Gasteiger partial charge >= 0.3 is 6.29 Å². The molecule has 0 saturated heterocycles. The summed E-state index contributed by atoms with van der Waals surface area (Å²) in [5.74, 6) is -1.58. The summed E-state index contributed by atoms with van der Waals surface area (Å²) in [6, 6.07) is 11.5. The summed E-state index contributed by atoms with van der Waals surface area (Å²) >= 11 is 1.58. The van der Waals surface area contributed by atoms with Crippen molar-refractivity contribution in [1.82, 2.24) is 10.7 Å². The van der Waals surface area contributed by atoms with E-state index in [4.69, 9.17) is 0 Å². The van der Waals surface area contributed by atoms with Crippen LogP contribution < -0.4 is 20.2 Å². The fourth-order valence-electron chi connectivity index (χ4n) is 2.86. The number of amides is 2. The number of carbonyl (C=O) groups excluding carboxylic acids is 2. The lowest BCUT2D eigenvalue weighted by Crippen LogP contribution is -2.35. The molecule has 0 atom stereocenters. The van der Waals surface area contributed by atoms with Crippen molar-refractivity contribution >= 4 is 38.9 Å². The SMILES string of the molecule is C/C(=N\NC(=O)CNC(=O)c1ccc2c(c1)OC(F)(F)O2)c1csc2ccccc12. The van der Waals surface area contributed by atoms with E-state index in [2.05, 4.69) is 25.3 Å². The first kappa shape index (κ1) is 19.8. The topological polar surface area (TPSA) is 89.0 Å². The molecule has 0 bridgehead atoms. The maximum Gasteiger partial charge on any atom is 0.586 e. The molecule has 0 saturated carbocycles. The van der Waals surface area contributed by atoms with Gasteiger partial charge in [0.1, 0.15) is 0 Å². The van der Waals surface area contributed by atoms with Crippen LogP contribution >= 0.6 is 11.3 Å². The van der Waals surface area contributed by atoms with Crippen LogP contribution in [-0.2, 0) is 4.79 Å². The van der Waals surface area contributed by atoms with Crippen LogP contribution in [0, 0.1) is 0 Å². The fourth-order valence-corrected chi connectivity index (χ4v) is 3.86. The molecular weight excluding hydrogens is 416 g/mol. The van der Waals surface area contributed by atoms with E-state index in [1.54, 1.807) is 18.3 Å². The molecule has 0 radical (unpaired) electrons. The minimum absolute atomic E-state index is 0.0484. The van der Waals surface area contributed by atoms with Crippen LogP contribution in [0.2, 0.25) is 0 Å². The zero-order valence-electron chi connectivity index (χ0n) is 15.6. The number of benzene rings is 2. The van der Waals surface area contributed by atoms with Gasteiger partial charge in [-0.15, -0.1) is 20.1 Å². The lowest BCUT2D eigenvalue weighted by atomic mass is 10.1.